The van der Waals surface area contributed by atoms with Crippen molar-refractivity contribution in [3.05, 3.63) is 23.8 Å². The highest BCUT2D eigenvalue weighted by atomic mass is 16.5. The number of hydrogen-bond acceptors (Lipinski definition) is 4. The summed E-state index contributed by atoms with van der Waals surface area (Å²) in [5.74, 6) is 0.00827. The molecule has 5 nitrogen and oxygen atoms in total. The number of phenols is 1. The van der Waals surface area contributed by atoms with Gasteiger partial charge in [0, 0.05) is 18.8 Å². The Hall–Kier alpha value is -1.75. The zero-order valence-corrected chi connectivity index (χ0v) is 10.2. The summed E-state index contributed by atoms with van der Waals surface area (Å²) in [6, 6.07) is 4.61. The molecule has 4 N–H and O–H groups in total. The van der Waals surface area contributed by atoms with E-state index in [1.807, 2.05) is 0 Å². The van der Waals surface area contributed by atoms with Crippen LogP contribution in [0.1, 0.15) is 18.4 Å². The molecule has 1 aromatic carbocycles. The molecule has 0 spiro atoms. The van der Waals surface area contributed by atoms with E-state index in [0.29, 0.717) is 17.8 Å². The first-order valence-electron chi connectivity index (χ1n) is 6.11. The van der Waals surface area contributed by atoms with Gasteiger partial charge in [0.15, 0.2) is 0 Å². The first-order chi connectivity index (χ1) is 8.65. The molecule has 1 aliphatic rings. The topological polar surface area (TPSA) is 84.6 Å². The molecular formula is C13H18N2O3. The van der Waals surface area contributed by atoms with Crippen LogP contribution in [0.15, 0.2) is 18.2 Å². The van der Waals surface area contributed by atoms with Crippen molar-refractivity contribution in [2.75, 3.05) is 18.9 Å². The lowest BCUT2D eigenvalue weighted by molar-refractivity contribution is -0.120. The van der Waals surface area contributed by atoms with Gasteiger partial charge in [-0.25, -0.2) is 0 Å². The van der Waals surface area contributed by atoms with Crippen molar-refractivity contribution in [1.29, 1.82) is 0 Å². The van der Waals surface area contributed by atoms with Gasteiger partial charge in [-0.15, -0.1) is 0 Å². The number of amides is 1. The zero-order valence-electron chi connectivity index (χ0n) is 10.2. The second-order valence-corrected chi connectivity index (χ2v) is 4.50. The summed E-state index contributed by atoms with van der Waals surface area (Å²) in [6.07, 6.45) is 2.36. The summed E-state index contributed by atoms with van der Waals surface area (Å²) in [7, 11) is 0. The number of ether oxygens (including phenoxy) is 1. The van der Waals surface area contributed by atoms with Crippen LogP contribution in [-0.2, 0) is 16.0 Å². The summed E-state index contributed by atoms with van der Waals surface area (Å²) in [5, 5.41) is 12.2. The number of carbonyl (C=O) groups is 1. The number of nitrogens with two attached hydrogens (primary N) is 1. The standard InChI is InChI=1S/C13H18N2O3/c14-12-4-3-10(16)6-9(12)7-13(17)15-8-11-2-1-5-18-11/h3-4,6,11,16H,1-2,5,7-8,14H2,(H,15,17). The summed E-state index contributed by atoms with van der Waals surface area (Å²) in [4.78, 5) is 11.7. The molecule has 1 unspecified atom stereocenters. The van der Waals surface area contributed by atoms with Crippen LogP contribution in [0.2, 0.25) is 0 Å². The molecule has 0 radical (unpaired) electrons. The third-order valence-electron chi connectivity index (χ3n) is 3.03. The van der Waals surface area contributed by atoms with E-state index in [1.54, 1.807) is 6.07 Å². The Kier molecular flexibility index (Phi) is 4.04. The van der Waals surface area contributed by atoms with E-state index in [4.69, 9.17) is 10.5 Å². The fourth-order valence-electron chi connectivity index (χ4n) is 2.01. The van der Waals surface area contributed by atoms with E-state index >= 15 is 0 Å². The van der Waals surface area contributed by atoms with Crippen molar-refractivity contribution in [3.63, 3.8) is 0 Å². The average Bonchev–Trinajstić information content (AvgIpc) is 2.84. The van der Waals surface area contributed by atoms with Crippen molar-refractivity contribution in [2.45, 2.75) is 25.4 Å². The molecule has 0 aromatic heterocycles. The Balaban J connectivity index is 1.84. The molecule has 18 heavy (non-hydrogen) atoms. The Labute approximate surface area is 106 Å². The van der Waals surface area contributed by atoms with Crippen molar-refractivity contribution in [2.24, 2.45) is 0 Å². The lowest BCUT2D eigenvalue weighted by atomic mass is 10.1. The molecule has 1 aliphatic heterocycles. The molecule has 1 aromatic rings. The molecule has 1 atom stereocenters. The summed E-state index contributed by atoms with van der Waals surface area (Å²) in [5.41, 5.74) is 6.89. The number of nitrogens with one attached hydrogen (secondary N) is 1. The second-order valence-electron chi connectivity index (χ2n) is 4.50. The van der Waals surface area contributed by atoms with E-state index in [2.05, 4.69) is 5.32 Å². The molecule has 1 fully saturated rings. The predicted octanol–water partition coefficient (Wildman–Crippen LogP) is 0.812. The first-order valence-corrected chi connectivity index (χ1v) is 6.11. The molecule has 0 aliphatic carbocycles. The smallest absolute Gasteiger partial charge is 0.224 e. The lowest BCUT2D eigenvalue weighted by Crippen LogP contribution is -2.32. The fraction of sp³-hybridized carbons (Fsp3) is 0.462. The van der Waals surface area contributed by atoms with E-state index in [0.717, 1.165) is 19.4 Å². The molecule has 5 heteroatoms. The van der Waals surface area contributed by atoms with Gasteiger partial charge in [0.25, 0.3) is 0 Å². The highest BCUT2D eigenvalue weighted by molar-refractivity contribution is 5.80. The molecule has 0 saturated carbocycles. The Bertz CT molecular complexity index is 428. The predicted molar refractivity (Wildman–Crippen MR) is 68.2 cm³/mol. The number of benzene rings is 1. The maximum Gasteiger partial charge on any atom is 0.224 e. The number of nitrogen functional groups attached to an aromatic ring is 1. The minimum absolute atomic E-state index is 0.109. The zero-order chi connectivity index (χ0) is 13.0. The molecule has 1 amide bonds. The monoisotopic (exact) mass is 250 g/mol. The number of hydrogen-bond donors (Lipinski definition) is 3. The van der Waals surface area contributed by atoms with Gasteiger partial charge in [-0.05, 0) is 36.6 Å². The van der Waals surface area contributed by atoms with Crippen molar-refractivity contribution in [1.82, 2.24) is 5.32 Å². The van der Waals surface area contributed by atoms with Crippen molar-refractivity contribution in [3.8, 4) is 5.75 Å². The fourth-order valence-corrected chi connectivity index (χ4v) is 2.01. The lowest BCUT2D eigenvalue weighted by Gasteiger charge is -2.11. The maximum absolute atomic E-state index is 11.7. The van der Waals surface area contributed by atoms with E-state index in [1.165, 1.54) is 12.1 Å². The summed E-state index contributed by atoms with van der Waals surface area (Å²) in [6.45, 7) is 1.32. The molecular weight excluding hydrogens is 232 g/mol. The van der Waals surface area contributed by atoms with Crippen LogP contribution < -0.4 is 11.1 Å². The normalized spacial score (nSPS) is 18.8. The third-order valence-corrected chi connectivity index (χ3v) is 3.03. The van der Waals surface area contributed by atoms with Gasteiger partial charge in [-0.2, -0.15) is 0 Å². The molecule has 1 heterocycles. The summed E-state index contributed by atoms with van der Waals surface area (Å²) >= 11 is 0. The Morgan fingerprint density at radius 2 is 2.39 bits per heavy atom. The maximum atomic E-state index is 11.7. The van der Waals surface area contributed by atoms with Gasteiger partial charge >= 0.3 is 0 Å². The van der Waals surface area contributed by atoms with Crippen LogP contribution in [0.3, 0.4) is 0 Å². The highest BCUT2D eigenvalue weighted by Gasteiger charge is 2.16. The number of aromatic hydroxyl groups is 1. The van der Waals surface area contributed by atoms with Crippen LogP contribution >= 0.6 is 0 Å². The number of anilines is 1. The minimum atomic E-state index is -0.109. The minimum Gasteiger partial charge on any atom is -0.508 e. The highest BCUT2D eigenvalue weighted by Crippen LogP contribution is 2.19. The third kappa shape index (κ3) is 3.37. The molecule has 0 bridgehead atoms. The van der Waals surface area contributed by atoms with Crippen LogP contribution in [0, 0.1) is 0 Å². The molecule has 98 valence electrons. The first kappa shape index (κ1) is 12.7. The van der Waals surface area contributed by atoms with E-state index < -0.39 is 0 Å². The van der Waals surface area contributed by atoms with Crippen molar-refractivity contribution >= 4 is 11.6 Å². The molecule has 1 saturated heterocycles. The average molecular weight is 250 g/mol. The van der Waals surface area contributed by atoms with Gasteiger partial charge in [-0.3, -0.25) is 4.79 Å². The summed E-state index contributed by atoms with van der Waals surface area (Å²) < 4.78 is 5.42. The van der Waals surface area contributed by atoms with Gasteiger partial charge in [0.05, 0.1) is 12.5 Å². The number of carbonyl (C=O) groups excluding carboxylic acids is 1. The Morgan fingerprint density at radius 3 is 3.11 bits per heavy atom. The van der Waals surface area contributed by atoms with E-state index in [9.17, 15) is 9.90 Å². The number of phenolic OH excluding ortho intramolecular Hbond substituents is 1. The van der Waals surface area contributed by atoms with Crippen LogP contribution in [0.4, 0.5) is 5.69 Å². The SMILES string of the molecule is Nc1ccc(O)cc1CC(=O)NCC1CCCO1. The van der Waals surface area contributed by atoms with E-state index in [-0.39, 0.29) is 24.2 Å². The molecule has 2 rings (SSSR count). The van der Waals surface area contributed by atoms with Crippen LogP contribution in [0.25, 0.3) is 0 Å². The Morgan fingerprint density at radius 1 is 1.56 bits per heavy atom. The number of rotatable bonds is 4. The van der Waals surface area contributed by atoms with Gasteiger partial charge in [-0.1, -0.05) is 0 Å². The second kappa shape index (κ2) is 5.73. The van der Waals surface area contributed by atoms with Gasteiger partial charge in [0.2, 0.25) is 5.91 Å². The van der Waals surface area contributed by atoms with Gasteiger partial charge in [0.1, 0.15) is 5.75 Å². The van der Waals surface area contributed by atoms with Crippen LogP contribution in [0.5, 0.6) is 5.75 Å². The largest absolute Gasteiger partial charge is 0.508 e. The quantitative estimate of drug-likeness (QED) is 0.545. The van der Waals surface area contributed by atoms with Crippen LogP contribution in [-0.4, -0.2) is 30.3 Å². The van der Waals surface area contributed by atoms with Gasteiger partial charge < -0.3 is 20.9 Å². The van der Waals surface area contributed by atoms with Crippen molar-refractivity contribution < 1.29 is 14.6 Å².